The second kappa shape index (κ2) is 7.65. The molecule has 1 aliphatic rings. The van der Waals surface area contributed by atoms with Gasteiger partial charge in [0.15, 0.2) is 6.61 Å². The zero-order valence-corrected chi connectivity index (χ0v) is 15.5. The van der Waals surface area contributed by atoms with E-state index < -0.39 is 5.97 Å². The number of hydrogen-bond acceptors (Lipinski definition) is 6. The number of H-pyrrole nitrogens is 1. The van der Waals surface area contributed by atoms with E-state index in [-0.39, 0.29) is 24.5 Å². The summed E-state index contributed by atoms with van der Waals surface area (Å²) >= 11 is 0. The zero-order chi connectivity index (χ0) is 19.6. The monoisotopic (exact) mass is 374 g/mol. The third-order valence-electron chi connectivity index (χ3n) is 4.53. The molecule has 1 unspecified atom stereocenters. The molecule has 27 heavy (non-hydrogen) atoms. The maximum absolute atomic E-state index is 12.8. The molecule has 0 bridgehead atoms. The van der Waals surface area contributed by atoms with E-state index in [1.165, 1.54) is 14.0 Å². The molecule has 3 heterocycles. The van der Waals surface area contributed by atoms with Gasteiger partial charge in [-0.05, 0) is 19.1 Å². The fourth-order valence-electron chi connectivity index (χ4n) is 3.15. The molecule has 1 fully saturated rings. The van der Waals surface area contributed by atoms with Crippen molar-refractivity contribution in [2.45, 2.75) is 19.9 Å². The summed E-state index contributed by atoms with van der Waals surface area (Å²) in [5, 5.41) is 0.822. The molecule has 0 aliphatic carbocycles. The van der Waals surface area contributed by atoms with Crippen LogP contribution in [0.3, 0.4) is 0 Å². The first kappa shape index (κ1) is 18.7. The average Bonchev–Trinajstić information content (AvgIpc) is 3.08. The predicted octanol–water partition coefficient (Wildman–Crippen LogP) is 0.807. The summed E-state index contributed by atoms with van der Waals surface area (Å²) in [7, 11) is 1.53. The number of amides is 2. The summed E-state index contributed by atoms with van der Waals surface area (Å²) in [6, 6.07) is 5.16. The number of hydrogen-bond donors (Lipinski definition) is 1. The van der Waals surface area contributed by atoms with Crippen LogP contribution in [0.5, 0.6) is 5.88 Å². The highest BCUT2D eigenvalue weighted by molar-refractivity contribution is 5.97. The summed E-state index contributed by atoms with van der Waals surface area (Å²) in [4.78, 5) is 46.5. The Labute approximate surface area is 156 Å². The number of fused-ring (bicyclic) bond motifs is 1. The van der Waals surface area contributed by atoms with Crippen LogP contribution in [0.2, 0.25) is 0 Å². The Bertz CT molecular complexity index is 878. The van der Waals surface area contributed by atoms with Crippen LogP contribution in [-0.2, 0) is 14.3 Å². The zero-order valence-electron chi connectivity index (χ0n) is 15.5. The second-order valence-electron chi connectivity index (χ2n) is 6.44. The number of aromatic amines is 1. The lowest BCUT2D eigenvalue weighted by Gasteiger charge is -2.39. The van der Waals surface area contributed by atoms with Gasteiger partial charge in [0.2, 0.25) is 5.88 Å². The molecule has 0 spiro atoms. The molecule has 1 saturated heterocycles. The van der Waals surface area contributed by atoms with Crippen LogP contribution in [0, 0.1) is 0 Å². The van der Waals surface area contributed by atoms with Crippen molar-refractivity contribution < 1.29 is 23.9 Å². The van der Waals surface area contributed by atoms with Crippen LogP contribution < -0.4 is 4.74 Å². The molecule has 9 heteroatoms. The first-order chi connectivity index (χ1) is 12.9. The minimum absolute atomic E-state index is 0.147. The maximum Gasteiger partial charge on any atom is 0.303 e. The Morgan fingerprint density at radius 2 is 2.07 bits per heavy atom. The molecule has 1 atom stereocenters. The van der Waals surface area contributed by atoms with E-state index in [0.717, 1.165) is 5.39 Å². The van der Waals surface area contributed by atoms with Crippen molar-refractivity contribution in [1.82, 2.24) is 19.8 Å². The Morgan fingerprint density at radius 1 is 1.30 bits per heavy atom. The molecule has 0 aromatic carbocycles. The molecule has 2 aromatic heterocycles. The molecule has 1 N–H and O–H groups in total. The minimum atomic E-state index is -0.492. The second-order valence-corrected chi connectivity index (χ2v) is 6.44. The lowest BCUT2D eigenvalue weighted by molar-refractivity contribution is -0.152. The summed E-state index contributed by atoms with van der Waals surface area (Å²) in [6.07, 6.45) is 0. The number of methoxy groups -OCH3 is 1. The predicted molar refractivity (Wildman–Crippen MR) is 96.4 cm³/mol. The average molecular weight is 374 g/mol. The first-order valence-corrected chi connectivity index (χ1v) is 8.65. The van der Waals surface area contributed by atoms with Crippen LogP contribution in [-0.4, -0.2) is 76.9 Å². The Morgan fingerprint density at radius 3 is 2.74 bits per heavy atom. The Hall–Kier alpha value is -3.10. The first-order valence-electron chi connectivity index (χ1n) is 8.65. The molecular formula is C18H22N4O5. The standard InChI is InChI=1S/C18H22N4O5/c1-11-9-21(6-7-22(11)16(24)10-27-12(2)23)18(25)14-8-13-4-5-15(26-3)20-17(13)19-14/h4-5,8,11H,6-7,9-10H2,1-3H3,(H,19,20). The van der Waals surface area contributed by atoms with Gasteiger partial charge in [0.05, 0.1) is 7.11 Å². The van der Waals surface area contributed by atoms with Gasteiger partial charge in [-0.25, -0.2) is 0 Å². The SMILES string of the molecule is COc1ccc2cc(C(=O)N3CCN(C(=O)COC(C)=O)C(C)C3)[nH]c2n1. The molecule has 3 rings (SSSR count). The maximum atomic E-state index is 12.8. The van der Waals surface area contributed by atoms with E-state index in [4.69, 9.17) is 9.47 Å². The quantitative estimate of drug-likeness (QED) is 0.794. The van der Waals surface area contributed by atoms with E-state index in [0.29, 0.717) is 36.9 Å². The van der Waals surface area contributed by atoms with E-state index >= 15 is 0 Å². The number of aromatic nitrogens is 2. The van der Waals surface area contributed by atoms with Crippen molar-refractivity contribution in [3.05, 3.63) is 23.9 Å². The van der Waals surface area contributed by atoms with Crippen molar-refractivity contribution in [3.8, 4) is 5.88 Å². The summed E-state index contributed by atoms with van der Waals surface area (Å²) in [5.41, 5.74) is 1.03. The summed E-state index contributed by atoms with van der Waals surface area (Å²) in [6.45, 7) is 4.04. The topological polar surface area (TPSA) is 105 Å². The number of pyridine rings is 1. The third kappa shape index (κ3) is 4.02. The lowest BCUT2D eigenvalue weighted by Crippen LogP contribution is -2.56. The Kier molecular flexibility index (Phi) is 5.29. The van der Waals surface area contributed by atoms with Gasteiger partial charge in [-0.3, -0.25) is 14.4 Å². The van der Waals surface area contributed by atoms with Gasteiger partial charge in [-0.15, -0.1) is 0 Å². The molecule has 0 saturated carbocycles. The normalized spacial score (nSPS) is 17.1. The molecule has 9 nitrogen and oxygen atoms in total. The number of carbonyl (C=O) groups is 3. The van der Waals surface area contributed by atoms with Gasteiger partial charge in [0.1, 0.15) is 11.3 Å². The third-order valence-corrected chi connectivity index (χ3v) is 4.53. The smallest absolute Gasteiger partial charge is 0.303 e. The number of esters is 1. The van der Waals surface area contributed by atoms with Crippen molar-refractivity contribution >= 4 is 28.8 Å². The van der Waals surface area contributed by atoms with Crippen molar-refractivity contribution in [3.63, 3.8) is 0 Å². The number of piperazine rings is 1. The fraction of sp³-hybridized carbons (Fsp3) is 0.444. The van der Waals surface area contributed by atoms with Crippen molar-refractivity contribution in [1.29, 1.82) is 0 Å². The van der Waals surface area contributed by atoms with Gasteiger partial charge >= 0.3 is 5.97 Å². The summed E-state index contributed by atoms with van der Waals surface area (Å²) < 4.78 is 9.86. The van der Waals surface area contributed by atoms with Crippen LogP contribution >= 0.6 is 0 Å². The van der Waals surface area contributed by atoms with E-state index in [1.807, 2.05) is 13.0 Å². The lowest BCUT2D eigenvalue weighted by atomic mass is 10.1. The van der Waals surface area contributed by atoms with E-state index in [1.54, 1.807) is 21.9 Å². The van der Waals surface area contributed by atoms with E-state index in [9.17, 15) is 14.4 Å². The molecule has 0 radical (unpaired) electrons. The number of ether oxygens (including phenoxy) is 2. The highest BCUT2D eigenvalue weighted by Crippen LogP contribution is 2.19. The van der Waals surface area contributed by atoms with Crippen molar-refractivity contribution in [2.24, 2.45) is 0 Å². The molecular weight excluding hydrogens is 352 g/mol. The van der Waals surface area contributed by atoms with Crippen LogP contribution in [0.4, 0.5) is 0 Å². The number of carbonyl (C=O) groups excluding carboxylic acids is 3. The van der Waals surface area contributed by atoms with Gasteiger partial charge in [-0.2, -0.15) is 4.98 Å². The van der Waals surface area contributed by atoms with Gasteiger partial charge in [-0.1, -0.05) is 0 Å². The molecule has 2 amide bonds. The Balaban J connectivity index is 1.67. The molecule has 2 aromatic rings. The van der Waals surface area contributed by atoms with Crippen LogP contribution in [0.25, 0.3) is 11.0 Å². The van der Waals surface area contributed by atoms with Crippen molar-refractivity contribution in [2.75, 3.05) is 33.4 Å². The van der Waals surface area contributed by atoms with E-state index in [2.05, 4.69) is 9.97 Å². The van der Waals surface area contributed by atoms with Gasteiger partial charge in [0.25, 0.3) is 11.8 Å². The van der Waals surface area contributed by atoms with Gasteiger partial charge < -0.3 is 24.3 Å². The molecule has 1 aliphatic heterocycles. The number of rotatable bonds is 4. The highest BCUT2D eigenvalue weighted by atomic mass is 16.5. The molecule has 144 valence electrons. The van der Waals surface area contributed by atoms with Gasteiger partial charge in [0, 0.05) is 44.1 Å². The number of nitrogens with zero attached hydrogens (tertiary/aromatic N) is 3. The minimum Gasteiger partial charge on any atom is -0.481 e. The largest absolute Gasteiger partial charge is 0.481 e. The summed E-state index contributed by atoms with van der Waals surface area (Å²) in [5.74, 6) is -0.427. The fourth-order valence-corrected chi connectivity index (χ4v) is 3.15. The number of nitrogens with one attached hydrogen (secondary N) is 1. The van der Waals surface area contributed by atoms with Crippen LogP contribution in [0.1, 0.15) is 24.3 Å². The highest BCUT2D eigenvalue weighted by Gasteiger charge is 2.31. The van der Waals surface area contributed by atoms with Crippen LogP contribution in [0.15, 0.2) is 18.2 Å².